The van der Waals surface area contributed by atoms with Crippen molar-refractivity contribution in [1.82, 2.24) is 0 Å². The SMILES string of the molecule is C=CCCCC(O)c1csc(I)c1. The van der Waals surface area contributed by atoms with E-state index < -0.39 is 0 Å². The second kappa shape index (κ2) is 5.78. The molecule has 1 atom stereocenters. The third kappa shape index (κ3) is 3.79. The van der Waals surface area contributed by atoms with Crippen molar-refractivity contribution >= 4 is 33.9 Å². The summed E-state index contributed by atoms with van der Waals surface area (Å²) < 4.78 is 1.23. The molecule has 0 aromatic carbocycles. The maximum atomic E-state index is 9.73. The van der Waals surface area contributed by atoms with E-state index in [2.05, 4.69) is 29.2 Å². The molecule has 0 aliphatic heterocycles. The highest BCUT2D eigenvalue weighted by Crippen LogP contribution is 2.25. The Hall–Kier alpha value is 0.130. The summed E-state index contributed by atoms with van der Waals surface area (Å²) in [6, 6.07) is 2.05. The zero-order valence-corrected chi connectivity index (χ0v) is 10.3. The Labute approximate surface area is 96.6 Å². The molecule has 1 nitrogen and oxygen atoms in total. The van der Waals surface area contributed by atoms with Crippen molar-refractivity contribution in [2.24, 2.45) is 0 Å². The minimum absolute atomic E-state index is 0.292. The molecule has 1 heterocycles. The van der Waals surface area contributed by atoms with E-state index in [0.717, 1.165) is 24.8 Å². The van der Waals surface area contributed by atoms with Gasteiger partial charge in [-0.1, -0.05) is 6.08 Å². The summed E-state index contributed by atoms with van der Waals surface area (Å²) >= 11 is 3.95. The molecule has 3 heteroatoms. The number of aliphatic hydroxyl groups is 1. The van der Waals surface area contributed by atoms with Crippen LogP contribution in [-0.4, -0.2) is 5.11 Å². The van der Waals surface area contributed by atoms with Gasteiger partial charge in [-0.15, -0.1) is 17.9 Å². The van der Waals surface area contributed by atoms with E-state index in [1.165, 1.54) is 2.88 Å². The van der Waals surface area contributed by atoms with Gasteiger partial charge in [-0.05, 0) is 58.9 Å². The monoisotopic (exact) mass is 308 g/mol. The molecule has 1 N–H and O–H groups in total. The molecule has 0 radical (unpaired) electrons. The molecule has 0 aliphatic carbocycles. The van der Waals surface area contributed by atoms with Crippen LogP contribution in [0.5, 0.6) is 0 Å². The minimum atomic E-state index is -0.292. The Morgan fingerprint density at radius 2 is 2.46 bits per heavy atom. The summed E-state index contributed by atoms with van der Waals surface area (Å²) in [7, 11) is 0. The van der Waals surface area contributed by atoms with E-state index >= 15 is 0 Å². The average Bonchev–Trinajstić information content (AvgIpc) is 2.52. The predicted octanol–water partition coefficient (Wildman–Crippen LogP) is 3.74. The van der Waals surface area contributed by atoms with Crippen LogP contribution in [0.25, 0.3) is 0 Å². The van der Waals surface area contributed by atoms with Crippen LogP contribution in [0.3, 0.4) is 0 Å². The molecule has 0 bridgehead atoms. The van der Waals surface area contributed by atoms with Gasteiger partial charge in [0.2, 0.25) is 0 Å². The fourth-order valence-electron chi connectivity index (χ4n) is 1.12. The topological polar surface area (TPSA) is 20.2 Å². The van der Waals surface area contributed by atoms with Gasteiger partial charge in [-0.2, -0.15) is 0 Å². The predicted molar refractivity (Wildman–Crippen MR) is 66.0 cm³/mol. The van der Waals surface area contributed by atoms with Gasteiger partial charge in [0.05, 0.1) is 8.99 Å². The number of thiophene rings is 1. The number of allylic oxidation sites excluding steroid dienone is 1. The quantitative estimate of drug-likeness (QED) is 0.499. The van der Waals surface area contributed by atoms with Crippen LogP contribution in [0, 0.1) is 2.88 Å². The van der Waals surface area contributed by atoms with Crippen molar-refractivity contribution in [2.45, 2.75) is 25.4 Å². The molecule has 1 aromatic heterocycles. The number of halogens is 1. The molecule has 72 valence electrons. The Kier molecular flexibility index (Phi) is 4.98. The molecular formula is C10H13IOS. The molecule has 0 saturated heterocycles. The van der Waals surface area contributed by atoms with Crippen molar-refractivity contribution in [3.8, 4) is 0 Å². The van der Waals surface area contributed by atoms with E-state index in [4.69, 9.17) is 0 Å². The third-order valence-electron chi connectivity index (χ3n) is 1.86. The Bertz CT molecular complexity index is 270. The fourth-order valence-corrected chi connectivity index (χ4v) is 2.54. The van der Waals surface area contributed by atoms with Gasteiger partial charge in [0.25, 0.3) is 0 Å². The van der Waals surface area contributed by atoms with Crippen LogP contribution in [0.2, 0.25) is 0 Å². The number of rotatable bonds is 5. The summed E-state index contributed by atoms with van der Waals surface area (Å²) in [5.41, 5.74) is 1.05. The van der Waals surface area contributed by atoms with Crippen LogP contribution in [-0.2, 0) is 0 Å². The third-order valence-corrected chi connectivity index (χ3v) is 3.67. The second-order valence-corrected chi connectivity index (χ2v) is 5.72. The van der Waals surface area contributed by atoms with Crippen LogP contribution in [0.15, 0.2) is 24.1 Å². The summed E-state index contributed by atoms with van der Waals surface area (Å²) in [6.45, 7) is 3.65. The zero-order chi connectivity index (χ0) is 9.68. The lowest BCUT2D eigenvalue weighted by Gasteiger charge is -2.06. The van der Waals surface area contributed by atoms with E-state index in [1.807, 2.05) is 17.5 Å². The number of hydrogen-bond acceptors (Lipinski definition) is 2. The molecule has 13 heavy (non-hydrogen) atoms. The largest absolute Gasteiger partial charge is 0.388 e. The molecule has 1 rings (SSSR count). The number of hydrogen-bond donors (Lipinski definition) is 1. The maximum Gasteiger partial charge on any atom is 0.0798 e. The van der Waals surface area contributed by atoms with E-state index in [1.54, 1.807) is 11.3 Å². The van der Waals surface area contributed by atoms with Gasteiger partial charge in [0, 0.05) is 0 Å². The van der Waals surface area contributed by atoms with Gasteiger partial charge in [0.1, 0.15) is 0 Å². The van der Waals surface area contributed by atoms with E-state index in [0.29, 0.717) is 0 Å². The maximum absolute atomic E-state index is 9.73. The Morgan fingerprint density at radius 3 is 3.00 bits per heavy atom. The molecule has 0 saturated carbocycles. The molecule has 0 spiro atoms. The van der Waals surface area contributed by atoms with Gasteiger partial charge in [-0.3, -0.25) is 0 Å². The van der Waals surface area contributed by atoms with Gasteiger partial charge in [-0.25, -0.2) is 0 Å². The first kappa shape index (κ1) is 11.2. The average molecular weight is 308 g/mol. The first-order valence-electron chi connectivity index (χ1n) is 4.27. The highest BCUT2D eigenvalue weighted by Gasteiger charge is 2.08. The van der Waals surface area contributed by atoms with Crippen LogP contribution in [0.4, 0.5) is 0 Å². The van der Waals surface area contributed by atoms with Crippen molar-refractivity contribution in [3.05, 3.63) is 32.5 Å². The van der Waals surface area contributed by atoms with Gasteiger partial charge in [0.15, 0.2) is 0 Å². The van der Waals surface area contributed by atoms with Crippen LogP contribution in [0.1, 0.15) is 30.9 Å². The molecule has 0 fully saturated rings. The lowest BCUT2D eigenvalue weighted by Crippen LogP contribution is -1.94. The molecule has 0 aliphatic rings. The normalized spacial score (nSPS) is 12.8. The lowest BCUT2D eigenvalue weighted by molar-refractivity contribution is 0.165. The molecular weight excluding hydrogens is 295 g/mol. The van der Waals surface area contributed by atoms with E-state index in [9.17, 15) is 5.11 Å². The molecule has 1 aromatic rings. The molecule has 0 amide bonds. The van der Waals surface area contributed by atoms with Crippen LogP contribution < -0.4 is 0 Å². The summed E-state index contributed by atoms with van der Waals surface area (Å²) in [5, 5.41) is 11.8. The second-order valence-electron chi connectivity index (χ2n) is 2.92. The first-order valence-corrected chi connectivity index (χ1v) is 6.22. The van der Waals surface area contributed by atoms with Gasteiger partial charge < -0.3 is 5.11 Å². The van der Waals surface area contributed by atoms with Crippen molar-refractivity contribution in [2.75, 3.05) is 0 Å². The van der Waals surface area contributed by atoms with E-state index in [-0.39, 0.29) is 6.10 Å². The van der Waals surface area contributed by atoms with Crippen molar-refractivity contribution < 1.29 is 5.11 Å². The standard InChI is InChI=1S/C10H13IOS/c1-2-3-4-5-9(12)8-6-10(11)13-7-8/h2,6-7,9,12H,1,3-5H2. The summed E-state index contributed by atoms with van der Waals surface area (Å²) in [4.78, 5) is 0. The number of unbranched alkanes of at least 4 members (excludes halogenated alkanes) is 1. The minimum Gasteiger partial charge on any atom is -0.388 e. The van der Waals surface area contributed by atoms with Crippen molar-refractivity contribution in [1.29, 1.82) is 0 Å². The highest BCUT2D eigenvalue weighted by molar-refractivity contribution is 14.1. The fraction of sp³-hybridized carbons (Fsp3) is 0.400. The zero-order valence-electron chi connectivity index (χ0n) is 7.37. The van der Waals surface area contributed by atoms with Gasteiger partial charge >= 0.3 is 0 Å². The highest BCUT2D eigenvalue weighted by atomic mass is 127. The summed E-state index contributed by atoms with van der Waals surface area (Å²) in [6.07, 6.45) is 4.43. The smallest absolute Gasteiger partial charge is 0.0798 e. The summed E-state index contributed by atoms with van der Waals surface area (Å²) in [5.74, 6) is 0. The Balaban J connectivity index is 2.39. The Morgan fingerprint density at radius 1 is 1.69 bits per heavy atom. The van der Waals surface area contributed by atoms with Crippen LogP contribution >= 0.6 is 33.9 Å². The number of aliphatic hydroxyl groups excluding tert-OH is 1. The molecule has 1 unspecified atom stereocenters. The first-order chi connectivity index (χ1) is 6.24. The lowest BCUT2D eigenvalue weighted by atomic mass is 10.1. The van der Waals surface area contributed by atoms with Crippen molar-refractivity contribution in [3.63, 3.8) is 0 Å².